The van der Waals surface area contributed by atoms with Gasteiger partial charge in [-0.15, -0.1) is 11.3 Å². The number of ketones is 2. The van der Waals surface area contributed by atoms with E-state index in [0.29, 0.717) is 32.4 Å². The average molecular weight is 411 g/mol. The molecule has 1 aliphatic heterocycles. The molecule has 1 aromatic heterocycles. The fraction of sp³-hybridized carbons (Fsp3) is 0.391. The molecule has 0 N–H and O–H groups in total. The molecule has 0 bridgehead atoms. The fourth-order valence-electron chi connectivity index (χ4n) is 3.60. The SMILES string of the molecule is CN=Cc1c(CCC(=O)c2ccccc2)sc2c1CCN(C(=O)CCC(C)=O)C2. The molecule has 2 aromatic rings. The first kappa shape index (κ1) is 21.1. The summed E-state index contributed by atoms with van der Waals surface area (Å²) in [4.78, 5) is 44.4. The van der Waals surface area contributed by atoms with Gasteiger partial charge < -0.3 is 9.69 Å². The van der Waals surface area contributed by atoms with Crippen LogP contribution in [0.15, 0.2) is 35.3 Å². The molecule has 0 unspecified atom stereocenters. The molecular formula is C23H26N2O3S. The van der Waals surface area contributed by atoms with Crippen LogP contribution in [-0.4, -0.2) is 42.2 Å². The van der Waals surface area contributed by atoms with Crippen molar-refractivity contribution in [1.82, 2.24) is 4.90 Å². The number of rotatable bonds is 8. The fourth-order valence-corrected chi connectivity index (χ4v) is 4.94. The van der Waals surface area contributed by atoms with Gasteiger partial charge in [0.15, 0.2) is 5.78 Å². The van der Waals surface area contributed by atoms with E-state index in [4.69, 9.17) is 0 Å². The second kappa shape index (κ2) is 9.74. The summed E-state index contributed by atoms with van der Waals surface area (Å²) in [5.74, 6) is 0.210. The van der Waals surface area contributed by atoms with E-state index in [1.807, 2.05) is 41.4 Å². The van der Waals surface area contributed by atoms with Crippen LogP contribution in [-0.2, 0) is 29.0 Å². The smallest absolute Gasteiger partial charge is 0.223 e. The number of amides is 1. The third-order valence-corrected chi connectivity index (χ3v) is 6.44. The van der Waals surface area contributed by atoms with Crippen molar-refractivity contribution in [2.75, 3.05) is 13.6 Å². The first-order valence-electron chi connectivity index (χ1n) is 9.90. The standard InChI is InChI=1S/C23H26N2O3S/c1-16(26)8-11-23(28)25-13-12-18-19(14-24-2)21(29-22(18)15-25)10-9-20(27)17-6-4-3-5-7-17/h3-7,14H,8-13,15H2,1-2H3. The minimum atomic E-state index is 0.0331. The summed E-state index contributed by atoms with van der Waals surface area (Å²) in [6.07, 6.45) is 4.36. The highest BCUT2D eigenvalue weighted by Crippen LogP contribution is 2.33. The van der Waals surface area contributed by atoms with E-state index in [1.165, 1.54) is 17.4 Å². The van der Waals surface area contributed by atoms with Crippen molar-refractivity contribution in [3.63, 3.8) is 0 Å². The molecule has 6 heteroatoms. The Balaban J connectivity index is 1.72. The summed E-state index contributed by atoms with van der Waals surface area (Å²) in [7, 11) is 1.75. The first-order chi connectivity index (χ1) is 14.0. The lowest BCUT2D eigenvalue weighted by molar-refractivity contribution is -0.133. The molecule has 29 heavy (non-hydrogen) atoms. The Morgan fingerprint density at radius 3 is 2.59 bits per heavy atom. The molecule has 0 saturated carbocycles. The van der Waals surface area contributed by atoms with E-state index in [-0.39, 0.29) is 23.9 Å². The number of nitrogens with zero attached hydrogens (tertiary/aromatic N) is 2. The van der Waals surface area contributed by atoms with Crippen LogP contribution in [0.4, 0.5) is 0 Å². The number of benzene rings is 1. The van der Waals surface area contributed by atoms with Crippen LogP contribution in [0.25, 0.3) is 0 Å². The first-order valence-corrected chi connectivity index (χ1v) is 10.7. The monoisotopic (exact) mass is 410 g/mol. The Hall–Kier alpha value is -2.60. The Morgan fingerprint density at radius 1 is 1.14 bits per heavy atom. The molecule has 0 spiro atoms. The van der Waals surface area contributed by atoms with Crippen molar-refractivity contribution in [3.8, 4) is 0 Å². The van der Waals surface area contributed by atoms with Crippen molar-refractivity contribution in [1.29, 1.82) is 0 Å². The van der Waals surface area contributed by atoms with Gasteiger partial charge in [-0.2, -0.15) is 0 Å². The number of thiophene rings is 1. The molecule has 0 saturated heterocycles. The van der Waals surface area contributed by atoms with Gasteiger partial charge in [-0.3, -0.25) is 14.6 Å². The lowest BCUT2D eigenvalue weighted by atomic mass is 9.99. The van der Waals surface area contributed by atoms with Crippen molar-refractivity contribution in [2.24, 2.45) is 4.99 Å². The minimum Gasteiger partial charge on any atom is -0.337 e. The summed E-state index contributed by atoms with van der Waals surface area (Å²) < 4.78 is 0. The molecule has 1 aliphatic rings. The number of aryl methyl sites for hydroxylation is 1. The van der Waals surface area contributed by atoms with Crippen LogP contribution in [0, 0.1) is 0 Å². The Kier molecular flexibility index (Phi) is 7.09. The normalized spacial score (nSPS) is 13.5. The Labute approximate surface area is 175 Å². The van der Waals surface area contributed by atoms with Gasteiger partial charge in [0, 0.05) is 60.0 Å². The number of aliphatic imine (C=N–C) groups is 1. The minimum absolute atomic E-state index is 0.0331. The molecule has 5 nitrogen and oxygen atoms in total. The maximum Gasteiger partial charge on any atom is 0.223 e. The van der Waals surface area contributed by atoms with Gasteiger partial charge in [0.2, 0.25) is 5.91 Å². The molecule has 0 fully saturated rings. The summed E-state index contributed by atoms with van der Waals surface area (Å²) in [5, 5.41) is 0. The van der Waals surface area contributed by atoms with E-state index < -0.39 is 0 Å². The lowest BCUT2D eigenvalue weighted by Gasteiger charge is -2.27. The largest absolute Gasteiger partial charge is 0.337 e. The van der Waals surface area contributed by atoms with Crippen LogP contribution in [0.2, 0.25) is 0 Å². The summed E-state index contributed by atoms with van der Waals surface area (Å²) in [6, 6.07) is 9.36. The predicted molar refractivity (Wildman–Crippen MR) is 116 cm³/mol. The molecule has 1 amide bonds. The number of hydrogen-bond acceptors (Lipinski definition) is 5. The van der Waals surface area contributed by atoms with Gasteiger partial charge in [-0.25, -0.2) is 0 Å². The zero-order chi connectivity index (χ0) is 20.8. The average Bonchev–Trinajstić information content (AvgIpc) is 3.07. The van der Waals surface area contributed by atoms with E-state index in [2.05, 4.69) is 4.99 Å². The van der Waals surface area contributed by atoms with Crippen molar-refractivity contribution < 1.29 is 14.4 Å². The number of hydrogen-bond donors (Lipinski definition) is 0. The molecule has 0 aliphatic carbocycles. The van der Waals surface area contributed by atoms with Gasteiger partial charge in [0.05, 0.1) is 6.54 Å². The molecule has 0 atom stereocenters. The highest BCUT2D eigenvalue weighted by atomic mass is 32.1. The van der Waals surface area contributed by atoms with E-state index >= 15 is 0 Å². The predicted octanol–water partition coefficient (Wildman–Crippen LogP) is 3.87. The van der Waals surface area contributed by atoms with E-state index in [0.717, 1.165) is 22.4 Å². The van der Waals surface area contributed by atoms with Crippen molar-refractivity contribution >= 4 is 35.0 Å². The Morgan fingerprint density at radius 2 is 1.90 bits per heavy atom. The third kappa shape index (κ3) is 5.26. The molecular weight excluding hydrogens is 384 g/mol. The number of fused-ring (bicyclic) bond motifs is 1. The van der Waals surface area contributed by atoms with Crippen LogP contribution in [0.3, 0.4) is 0 Å². The van der Waals surface area contributed by atoms with Gasteiger partial charge in [0.1, 0.15) is 5.78 Å². The highest BCUT2D eigenvalue weighted by Gasteiger charge is 2.26. The van der Waals surface area contributed by atoms with Gasteiger partial charge >= 0.3 is 0 Å². The van der Waals surface area contributed by atoms with Gasteiger partial charge in [0.25, 0.3) is 0 Å². The maximum atomic E-state index is 12.5. The third-order valence-electron chi connectivity index (χ3n) is 5.15. The molecule has 0 radical (unpaired) electrons. The molecule has 1 aromatic carbocycles. The van der Waals surface area contributed by atoms with Crippen LogP contribution in [0.5, 0.6) is 0 Å². The topological polar surface area (TPSA) is 66.8 Å². The van der Waals surface area contributed by atoms with Gasteiger partial charge in [-0.05, 0) is 25.3 Å². The van der Waals surface area contributed by atoms with Crippen molar-refractivity contribution in [2.45, 2.75) is 45.6 Å². The van der Waals surface area contributed by atoms with E-state index in [9.17, 15) is 14.4 Å². The number of carbonyl (C=O) groups excluding carboxylic acids is 3. The lowest BCUT2D eigenvalue weighted by Crippen LogP contribution is -2.35. The molecule has 152 valence electrons. The second-order valence-corrected chi connectivity index (χ2v) is 8.47. The number of carbonyl (C=O) groups is 3. The summed E-state index contributed by atoms with van der Waals surface area (Å²) in [6.45, 7) is 2.75. The summed E-state index contributed by atoms with van der Waals surface area (Å²) in [5.41, 5.74) is 3.10. The highest BCUT2D eigenvalue weighted by molar-refractivity contribution is 7.12. The number of Topliss-reactive ketones (excluding diaryl/α,β-unsaturated/α-hetero) is 2. The van der Waals surface area contributed by atoms with Gasteiger partial charge in [-0.1, -0.05) is 30.3 Å². The molecule has 2 heterocycles. The van der Waals surface area contributed by atoms with Crippen LogP contribution >= 0.6 is 11.3 Å². The molecule has 3 rings (SSSR count). The maximum absolute atomic E-state index is 12.5. The Bertz CT molecular complexity index is 931. The zero-order valence-corrected chi connectivity index (χ0v) is 17.8. The van der Waals surface area contributed by atoms with Crippen molar-refractivity contribution in [3.05, 3.63) is 56.8 Å². The zero-order valence-electron chi connectivity index (χ0n) is 16.9. The van der Waals surface area contributed by atoms with Crippen LogP contribution in [0.1, 0.15) is 57.4 Å². The van der Waals surface area contributed by atoms with E-state index in [1.54, 1.807) is 18.4 Å². The van der Waals surface area contributed by atoms with Crippen LogP contribution < -0.4 is 0 Å². The summed E-state index contributed by atoms with van der Waals surface area (Å²) >= 11 is 1.68. The quantitative estimate of drug-likeness (QED) is 0.490. The second-order valence-electron chi connectivity index (χ2n) is 7.28.